The lowest BCUT2D eigenvalue weighted by Gasteiger charge is -2.09. The van der Waals surface area contributed by atoms with E-state index in [1.165, 1.54) is 6.92 Å². The molecule has 0 fully saturated rings. The van der Waals surface area contributed by atoms with Crippen LogP contribution in [0.4, 0.5) is 11.4 Å². The van der Waals surface area contributed by atoms with Crippen molar-refractivity contribution in [3.8, 4) is 5.75 Å². The van der Waals surface area contributed by atoms with Crippen LogP contribution in [0.5, 0.6) is 5.75 Å². The van der Waals surface area contributed by atoms with Gasteiger partial charge in [-0.2, -0.15) is 0 Å². The molecule has 2 rings (SSSR count). The average Bonchev–Trinajstić information content (AvgIpc) is 2.62. The topological polar surface area (TPSA) is 93.7 Å². The molecule has 7 nitrogen and oxygen atoms in total. The Balaban J connectivity index is 1.73. The van der Waals surface area contributed by atoms with Crippen molar-refractivity contribution in [3.63, 3.8) is 0 Å². The first kappa shape index (κ1) is 20.0. The molecule has 0 aliphatic carbocycles. The largest absolute Gasteiger partial charge is 0.482 e. The van der Waals surface area contributed by atoms with Crippen molar-refractivity contribution in [1.82, 2.24) is 0 Å². The summed E-state index contributed by atoms with van der Waals surface area (Å²) in [4.78, 5) is 34.5. The lowest BCUT2D eigenvalue weighted by atomic mass is 10.1. The molecular formula is C20H22N2O5. The Bertz CT molecular complexity index is 831. The first-order chi connectivity index (χ1) is 12.8. The molecular weight excluding hydrogens is 348 g/mol. The summed E-state index contributed by atoms with van der Waals surface area (Å²) >= 11 is 0. The molecule has 142 valence electrons. The first-order valence-electron chi connectivity index (χ1n) is 8.36. The van der Waals surface area contributed by atoms with E-state index in [4.69, 9.17) is 9.47 Å². The van der Waals surface area contributed by atoms with Gasteiger partial charge in [-0.3, -0.25) is 9.59 Å². The number of rotatable bonds is 7. The van der Waals surface area contributed by atoms with Gasteiger partial charge in [0.1, 0.15) is 5.75 Å². The number of carbonyl (C=O) groups excluding carboxylic acids is 3. The first-order valence-corrected chi connectivity index (χ1v) is 8.36. The number of aryl methyl sites for hydroxylation is 2. The van der Waals surface area contributed by atoms with Crippen LogP contribution in [-0.4, -0.2) is 31.0 Å². The maximum absolute atomic E-state index is 11.8. The lowest BCUT2D eigenvalue weighted by Crippen LogP contribution is -2.23. The molecule has 0 aliphatic rings. The Hall–Kier alpha value is -3.35. The number of anilines is 2. The number of esters is 1. The lowest BCUT2D eigenvalue weighted by molar-refractivity contribution is -0.149. The van der Waals surface area contributed by atoms with Gasteiger partial charge in [0, 0.05) is 18.3 Å². The third kappa shape index (κ3) is 6.81. The molecule has 7 heteroatoms. The van der Waals surface area contributed by atoms with Crippen LogP contribution >= 0.6 is 0 Å². The summed E-state index contributed by atoms with van der Waals surface area (Å²) in [5, 5.41) is 5.22. The summed E-state index contributed by atoms with van der Waals surface area (Å²) in [6, 6.07) is 12.1. The van der Waals surface area contributed by atoms with E-state index in [-0.39, 0.29) is 12.5 Å². The van der Waals surface area contributed by atoms with Crippen LogP contribution in [0.25, 0.3) is 0 Å². The molecule has 0 atom stereocenters. The van der Waals surface area contributed by atoms with Crippen molar-refractivity contribution in [2.75, 3.05) is 23.8 Å². The van der Waals surface area contributed by atoms with Crippen molar-refractivity contribution in [3.05, 3.63) is 53.6 Å². The van der Waals surface area contributed by atoms with Gasteiger partial charge in [0.15, 0.2) is 13.2 Å². The Morgan fingerprint density at radius 2 is 1.48 bits per heavy atom. The average molecular weight is 370 g/mol. The standard InChI is InChI=1S/C20H22N2O5/c1-13-4-9-18(10-14(13)2)26-12-20(25)27-11-19(24)22-17-7-5-16(6-8-17)21-15(3)23/h4-10H,11-12H2,1-3H3,(H,21,23)(H,22,24). The summed E-state index contributed by atoms with van der Waals surface area (Å²) in [7, 11) is 0. The maximum Gasteiger partial charge on any atom is 0.344 e. The van der Waals surface area contributed by atoms with Crippen LogP contribution in [-0.2, 0) is 19.1 Å². The Morgan fingerprint density at radius 1 is 0.852 bits per heavy atom. The van der Waals surface area contributed by atoms with Gasteiger partial charge in [-0.15, -0.1) is 0 Å². The quantitative estimate of drug-likeness (QED) is 0.731. The van der Waals surface area contributed by atoms with Crippen molar-refractivity contribution in [1.29, 1.82) is 0 Å². The Kier molecular flexibility index (Phi) is 6.93. The minimum absolute atomic E-state index is 0.179. The third-order valence-corrected chi connectivity index (χ3v) is 3.69. The van der Waals surface area contributed by atoms with Crippen LogP contribution in [0.2, 0.25) is 0 Å². The fourth-order valence-corrected chi connectivity index (χ4v) is 2.17. The van der Waals surface area contributed by atoms with E-state index in [1.807, 2.05) is 26.0 Å². The third-order valence-electron chi connectivity index (χ3n) is 3.69. The van der Waals surface area contributed by atoms with Crippen molar-refractivity contribution < 1.29 is 23.9 Å². The van der Waals surface area contributed by atoms with Gasteiger partial charge in [0.25, 0.3) is 5.91 Å². The van der Waals surface area contributed by atoms with E-state index in [1.54, 1.807) is 30.3 Å². The summed E-state index contributed by atoms with van der Waals surface area (Å²) < 4.78 is 10.3. The van der Waals surface area contributed by atoms with Gasteiger partial charge in [-0.1, -0.05) is 6.07 Å². The fourth-order valence-electron chi connectivity index (χ4n) is 2.17. The number of amides is 2. The zero-order valence-corrected chi connectivity index (χ0v) is 15.5. The molecule has 2 N–H and O–H groups in total. The van der Waals surface area contributed by atoms with E-state index in [0.717, 1.165) is 11.1 Å². The zero-order valence-electron chi connectivity index (χ0n) is 15.5. The van der Waals surface area contributed by atoms with Crippen LogP contribution < -0.4 is 15.4 Å². The van der Waals surface area contributed by atoms with E-state index >= 15 is 0 Å². The van der Waals surface area contributed by atoms with Crippen LogP contribution in [0.3, 0.4) is 0 Å². The molecule has 0 aliphatic heterocycles. The smallest absolute Gasteiger partial charge is 0.344 e. The minimum Gasteiger partial charge on any atom is -0.482 e. The van der Waals surface area contributed by atoms with Gasteiger partial charge in [-0.25, -0.2) is 4.79 Å². The van der Waals surface area contributed by atoms with E-state index in [0.29, 0.717) is 17.1 Å². The second-order valence-corrected chi connectivity index (χ2v) is 6.00. The van der Waals surface area contributed by atoms with Crippen LogP contribution in [0.15, 0.2) is 42.5 Å². The van der Waals surface area contributed by atoms with Gasteiger partial charge < -0.3 is 20.1 Å². The van der Waals surface area contributed by atoms with Crippen LogP contribution in [0.1, 0.15) is 18.1 Å². The Morgan fingerprint density at radius 3 is 2.07 bits per heavy atom. The highest BCUT2D eigenvalue weighted by Crippen LogP contribution is 2.16. The fraction of sp³-hybridized carbons (Fsp3) is 0.250. The molecule has 0 saturated carbocycles. The normalized spacial score (nSPS) is 10.0. The molecule has 0 aromatic heterocycles. The maximum atomic E-state index is 11.8. The van der Waals surface area contributed by atoms with Gasteiger partial charge >= 0.3 is 5.97 Å². The molecule has 2 aromatic rings. The predicted octanol–water partition coefficient (Wildman–Crippen LogP) is 2.82. The second-order valence-electron chi connectivity index (χ2n) is 6.00. The summed E-state index contributed by atoms with van der Waals surface area (Å²) in [6.45, 7) is 4.66. The molecule has 0 bridgehead atoms. The van der Waals surface area contributed by atoms with Crippen molar-refractivity contribution >= 4 is 29.2 Å². The monoisotopic (exact) mass is 370 g/mol. The molecule has 27 heavy (non-hydrogen) atoms. The SMILES string of the molecule is CC(=O)Nc1ccc(NC(=O)COC(=O)COc2ccc(C)c(C)c2)cc1. The summed E-state index contributed by atoms with van der Waals surface area (Å²) in [6.07, 6.45) is 0. The number of benzene rings is 2. The Labute approximate surface area is 157 Å². The van der Waals surface area contributed by atoms with Crippen molar-refractivity contribution in [2.24, 2.45) is 0 Å². The second kappa shape index (κ2) is 9.38. The molecule has 2 aromatic carbocycles. The van der Waals surface area contributed by atoms with E-state index in [9.17, 15) is 14.4 Å². The van der Waals surface area contributed by atoms with E-state index in [2.05, 4.69) is 10.6 Å². The van der Waals surface area contributed by atoms with Gasteiger partial charge in [0.2, 0.25) is 5.91 Å². The van der Waals surface area contributed by atoms with Gasteiger partial charge in [0.05, 0.1) is 0 Å². The predicted molar refractivity (Wildman–Crippen MR) is 102 cm³/mol. The van der Waals surface area contributed by atoms with Gasteiger partial charge in [-0.05, 0) is 61.4 Å². The summed E-state index contributed by atoms with van der Waals surface area (Å²) in [5.41, 5.74) is 3.34. The molecule has 0 saturated heterocycles. The number of nitrogens with one attached hydrogen (secondary N) is 2. The highest BCUT2D eigenvalue weighted by Gasteiger charge is 2.09. The minimum atomic E-state index is -0.635. The molecule has 2 amide bonds. The molecule has 0 spiro atoms. The van der Waals surface area contributed by atoms with Crippen molar-refractivity contribution in [2.45, 2.75) is 20.8 Å². The highest BCUT2D eigenvalue weighted by atomic mass is 16.6. The summed E-state index contributed by atoms with van der Waals surface area (Å²) in [5.74, 6) is -0.716. The number of hydrogen-bond acceptors (Lipinski definition) is 5. The number of carbonyl (C=O) groups is 3. The van der Waals surface area contributed by atoms with Crippen LogP contribution in [0, 0.1) is 13.8 Å². The molecule has 0 heterocycles. The molecule has 0 radical (unpaired) electrons. The molecule has 0 unspecified atom stereocenters. The number of ether oxygens (including phenoxy) is 2. The highest BCUT2D eigenvalue weighted by molar-refractivity contribution is 5.93. The number of hydrogen-bond donors (Lipinski definition) is 2. The zero-order chi connectivity index (χ0) is 19.8. The van der Waals surface area contributed by atoms with E-state index < -0.39 is 18.5 Å².